The Hall–Kier alpha value is -0.920. The fourth-order valence-electron chi connectivity index (χ4n) is 0.738. The predicted octanol–water partition coefficient (Wildman–Crippen LogP) is 1.89. The molecule has 0 amide bonds. The molecule has 0 spiro atoms. The van der Waals surface area contributed by atoms with Crippen molar-refractivity contribution in [2.75, 3.05) is 0 Å². The van der Waals surface area contributed by atoms with Gasteiger partial charge in [-0.1, -0.05) is 6.92 Å². The van der Waals surface area contributed by atoms with Crippen LogP contribution in [0.2, 0.25) is 0 Å². The van der Waals surface area contributed by atoms with Crippen molar-refractivity contribution in [2.45, 2.75) is 34.1 Å². The first-order valence-corrected chi connectivity index (χ1v) is 3.72. The average Bonchev–Trinajstić information content (AvgIpc) is 2.00. The lowest BCUT2D eigenvalue weighted by Crippen LogP contribution is -2.04. The Morgan fingerprint density at radius 3 is 1.73 bits per heavy atom. The fraction of sp³-hybridized carbons (Fsp3) is 0.556. The number of Topliss-reactive ketones (excluding diaryl/α,β-unsaturated/α-hetero) is 2. The Morgan fingerprint density at radius 1 is 1.00 bits per heavy atom. The van der Waals surface area contributed by atoms with Crippen molar-refractivity contribution in [1.29, 1.82) is 0 Å². The van der Waals surface area contributed by atoms with Crippen LogP contribution in [-0.2, 0) is 9.59 Å². The summed E-state index contributed by atoms with van der Waals surface area (Å²) in [5.74, 6) is 0.0296. The maximum atomic E-state index is 11.0. The average molecular weight is 154 g/mol. The molecule has 0 aliphatic carbocycles. The number of rotatable bonds is 3. The van der Waals surface area contributed by atoms with Gasteiger partial charge in [0.05, 0.1) is 0 Å². The van der Waals surface area contributed by atoms with E-state index in [0.717, 1.165) is 0 Å². The highest BCUT2D eigenvalue weighted by Gasteiger charge is 2.07. The molecule has 0 aromatic rings. The second-order valence-corrected chi connectivity index (χ2v) is 2.58. The van der Waals surface area contributed by atoms with E-state index in [-0.39, 0.29) is 11.6 Å². The lowest BCUT2D eigenvalue weighted by Gasteiger charge is -2.00. The number of ketones is 2. The maximum Gasteiger partial charge on any atom is 0.158 e. The number of allylic oxidation sites excluding steroid dienone is 2. The summed E-state index contributed by atoms with van der Waals surface area (Å²) in [6.07, 6.45) is 0.469. The van der Waals surface area contributed by atoms with Crippen LogP contribution in [0.1, 0.15) is 34.1 Å². The van der Waals surface area contributed by atoms with Gasteiger partial charge in [0.15, 0.2) is 11.6 Å². The van der Waals surface area contributed by atoms with Crippen LogP contribution in [0.15, 0.2) is 11.1 Å². The predicted molar refractivity (Wildman–Crippen MR) is 44.4 cm³/mol. The third-order valence-electron chi connectivity index (χ3n) is 1.83. The van der Waals surface area contributed by atoms with Crippen LogP contribution in [0.3, 0.4) is 0 Å². The third kappa shape index (κ3) is 2.66. The van der Waals surface area contributed by atoms with E-state index in [0.29, 0.717) is 17.6 Å². The summed E-state index contributed by atoms with van der Waals surface area (Å²) in [5, 5.41) is 0. The van der Waals surface area contributed by atoms with Gasteiger partial charge in [0, 0.05) is 6.42 Å². The minimum atomic E-state index is -0.0238. The highest BCUT2D eigenvalue weighted by molar-refractivity contribution is 6.04. The molecule has 0 radical (unpaired) electrons. The third-order valence-corrected chi connectivity index (χ3v) is 1.83. The SMILES string of the molecule is CCC(=O)/C(C)=C(\C)C(C)=O. The van der Waals surface area contributed by atoms with Crippen LogP contribution in [0, 0.1) is 0 Å². The Kier molecular flexibility index (Phi) is 3.72. The molecule has 0 bridgehead atoms. The van der Waals surface area contributed by atoms with Gasteiger partial charge in [0.25, 0.3) is 0 Å². The summed E-state index contributed by atoms with van der Waals surface area (Å²) < 4.78 is 0. The molecule has 0 aromatic heterocycles. The molecule has 0 saturated carbocycles. The Labute approximate surface area is 67.3 Å². The smallest absolute Gasteiger partial charge is 0.158 e. The summed E-state index contributed by atoms with van der Waals surface area (Å²) in [4.78, 5) is 21.8. The molecule has 0 saturated heterocycles. The van der Waals surface area contributed by atoms with Gasteiger partial charge in [-0.3, -0.25) is 9.59 Å². The van der Waals surface area contributed by atoms with Crippen molar-refractivity contribution < 1.29 is 9.59 Å². The zero-order valence-electron chi connectivity index (χ0n) is 7.52. The van der Waals surface area contributed by atoms with Crippen LogP contribution in [0.5, 0.6) is 0 Å². The summed E-state index contributed by atoms with van der Waals surface area (Å²) in [6.45, 7) is 6.65. The van der Waals surface area contributed by atoms with Gasteiger partial charge < -0.3 is 0 Å². The second-order valence-electron chi connectivity index (χ2n) is 2.58. The molecule has 0 unspecified atom stereocenters. The molecular weight excluding hydrogens is 140 g/mol. The van der Waals surface area contributed by atoms with Crippen LogP contribution in [-0.4, -0.2) is 11.6 Å². The Balaban J connectivity index is 4.66. The van der Waals surface area contributed by atoms with E-state index in [1.54, 1.807) is 20.8 Å². The molecule has 0 aliphatic rings. The molecule has 0 aliphatic heterocycles. The largest absolute Gasteiger partial charge is 0.295 e. The van der Waals surface area contributed by atoms with Crippen molar-refractivity contribution in [3.63, 3.8) is 0 Å². The normalized spacial score (nSPS) is 12.4. The number of carbonyl (C=O) groups excluding carboxylic acids is 2. The Morgan fingerprint density at radius 2 is 1.45 bits per heavy atom. The maximum absolute atomic E-state index is 11.0. The highest BCUT2D eigenvalue weighted by Crippen LogP contribution is 2.06. The molecule has 0 heterocycles. The molecule has 0 atom stereocenters. The molecule has 0 aromatic carbocycles. The van der Waals surface area contributed by atoms with Crippen molar-refractivity contribution in [2.24, 2.45) is 0 Å². The van der Waals surface area contributed by atoms with Crippen molar-refractivity contribution in [1.82, 2.24) is 0 Å². The lowest BCUT2D eigenvalue weighted by molar-refractivity contribution is -0.117. The topological polar surface area (TPSA) is 34.1 Å². The van der Waals surface area contributed by atoms with Gasteiger partial charge >= 0.3 is 0 Å². The molecule has 0 N–H and O–H groups in total. The second kappa shape index (κ2) is 4.06. The van der Waals surface area contributed by atoms with Gasteiger partial charge in [0.1, 0.15) is 0 Å². The number of carbonyl (C=O) groups is 2. The van der Waals surface area contributed by atoms with Gasteiger partial charge in [0.2, 0.25) is 0 Å². The van der Waals surface area contributed by atoms with Gasteiger partial charge in [-0.25, -0.2) is 0 Å². The van der Waals surface area contributed by atoms with Gasteiger partial charge in [-0.15, -0.1) is 0 Å². The zero-order chi connectivity index (χ0) is 9.02. The Bertz CT molecular complexity index is 212. The standard InChI is InChI=1S/C9H14O2/c1-5-9(11)7(3)6(2)8(4)10/h5H2,1-4H3/b7-6+. The number of hydrogen-bond acceptors (Lipinski definition) is 2. The van der Waals surface area contributed by atoms with Crippen molar-refractivity contribution in [3.05, 3.63) is 11.1 Å². The van der Waals surface area contributed by atoms with Crippen LogP contribution in [0.4, 0.5) is 0 Å². The molecule has 2 heteroatoms. The molecule has 62 valence electrons. The first kappa shape index (κ1) is 10.1. The molecule has 11 heavy (non-hydrogen) atoms. The lowest BCUT2D eigenvalue weighted by atomic mass is 10.0. The van der Waals surface area contributed by atoms with Crippen molar-refractivity contribution in [3.8, 4) is 0 Å². The quantitative estimate of drug-likeness (QED) is 0.582. The summed E-state index contributed by atoms with van der Waals surface area (Å²) >= 11 is 0. The summed E-state index contributed by atoms with van der Waals surface area (Å²) in [7, 11) is 0. The molecule has 0 fully saturated rings. The minimum Gasteiger partial charge on any atom is -0.295 e. The first-order chi connectivity index (χ1) is 5.00. The molecule has 0 rings (SSSR count). The summed E-state index contributed by atoms with van der Waals surface area (Å²) in [6, 6.07) is 0. The van der Waals surface area contributed by atoms with E-state index in [4.69, 9.17) is 0 Å². The molecular formula is C9H14O2. The first-order valence-electron chi connectivity index (χ1n) is 3.72. The highest BCUT2D eigenvalue weighted by atomic mass is 16.1. The van der Waals surface area contributed by atoms with Gasteiger partial charge in [-0.05, 0) is 31.9 Å². The van der Waals surface area contributed by atoms with E-state index in [9.17, 15) is 9.59 Å². The van der Waals surface area contributed by atoms with Crippen LogP contribution >= 0.6 is 0 Å². The monoisotopic (exact) mass is 154 g/mol. The van der Waals surface area contributed by atoms with E-state index >= 15 is 0 Å². The van der Waals surface area contributed by atoms with Crippen LogP contribution in [0.25, 0.3) is 0 Å². The van der Waals surface area contributed by atoms with E-state index < -0.39 is 0 Å². The van der Waals surface area contributed by atoms with E-state index in [1.807, 2.05) is 0 Å². The summed E-state index contributed by atoms with van der Waals surface area (Å²) in [5.41, 5.74) is 1.18. The van der Waals surface area contributed by atoms with Gasteiger partial charge in [-0.2, -0.15) is 0 Å². The zero-order valence-corrected chi connectivity index (χ0v) is 7.52. The van der Waals surface area contributed by atoms with E-state index in [2.05, 4.69) is 0 Å². The fourth-order valence-corrected chi connectivity index (χ4v) is 0.738. The van der Waals surface area contributed by atoms with Crippen LogP contribution < -0.4 is 0 Å². The molecule has 2 nitrogen and oxygen atoms in total. The minimum absolute atomic E-state index is 0.0238. The van der Waals surface area contributed by atoms with E-state index in [1.165, 1.54) is 6.92 Å². The number of hydrogen-bond donors (Lipinski definition) is 0. The van der Waals surface area contributed by atoms with Crippen molar-refractivity contribution >= 4 is 11.6 Å².